The van der Waals surface area contributed by atoms with E-state index in [0.29, 0.717) is 5.28 Å². The van der Waals surface area contributed by atoms with Crippen molar-refractivity contribution >= 4 is 118 Å². The zero-order valence-electron chi connectivity index (χ0n) is 62.0. The van der Waals surface area contributed by atoms with Gasteiger partial charge >= 0.3 is 0 Å². The van der Waals surface area contributed by atoms with Gasteiger partial charge in [-0.1, -0.05) is 328 Å². The molecule has 1 aliphatic heterocycles. The Kier molecular flexibility index (Phi) is 18.3. The largest absolute Gasteiger partial charge is 0.339 e. The summed E-state index contributed by atoms with van der Waals surface area (Å²) in [7, 11) is 0. The first-order valence-electron chi connectivity index (χ1n) is 37.9. The van der Waals surface area contributed by atoms with Crippen LogP contribution in [-0.2, 0) is 9.47 Å². The molecule has 16 aromatic carbocycles. The highest BCUT2D eigenvalue weighted by Gasteiger charge is 2.49. The molecule has 0 N–H and O–H groups in total. The Balaban J connectivity index is 0.000000123. The molecule has 536 valence electrons. The smallest absolute Gasteiger partial charge is 0.223 e. The van der Waals surface area contributed by atoms with Crippen LogP contribution < -0.4 is 0 Å². The molecule has 112 heavy (non-hydrogen) atoms. The maximum Gasteiger partial charge on any atom is 0.223 e. The van der Waals surface area contributed by atoms with Gasteiger partial charge in [0.1, 0.15) is 0 Å². The average molecular weight is 1500 g/mol. The highest BCUT2D eigenvalue weighted by atomic mass is 35.5. The van der Waals surface area contributed by atoms with E-state index >= 15 is 0 Å². The third-order valence-electron chi connectivity index (χ3n) is 22.0. The molecule has 4 aromatic heterocycles. The minimum atomic E-state index is -0.387. The second-order valence-electron chi connectivity index (χ2n) is 29.4. The number of halogens is 1. The van der Waals surface area contributed by atoms with Crippen LogP contribution in [0.5, 0.6) is 0 Å². The standard InChI is InChI=1S/C48H30N2S.C39H34O2.C16H9ClN2S/c1-3-15-31(16-4-1)43-37-23-7-9-25-39(37)44(40-26-10-8-24-38(40)43)35-21-13-19-33(29-35)34-20-14-22-36(30-34)48-49-45(32-17-5-2-6-18-32)47-46(50-48)41-27-11-12-28-42(41)51-47;1-38(2)39(3,4)41-37(40-38)30-19-13-17-28(25-30)27-16-12-18-29(24-27)36-33-22-10-8-20-31(33)35(26-14-6-5-7-15-26)32-21-9-11-23-34(32)36;17-16-18-13(10-6-2-1-3-7-10)15-14(19-16)11-8-4-5-9-12(11)20-15/h1-30H;5-25,37H,1-4H3;1-9H. The van der Waals surface area contributed by atoms with Crippen molar-refractivity contribution in [2.24, 2.45) is 0 Å². The molecule has 0 amide bonds. The fourth-order valence-corrected chi connectivity index (χ4v) is 18.4. The van der Waals surface area contributed by atoms with Crippen LogP contribution in [0.3, 0.4) is 0 Å². The highest BCUT2D eigenvalue weighted by Crippen LogP contribution is 2.50. The monoisotopic (exact) mass is 1500 g/mol. The summed E-state index contributed by atoms with van der Waals surface area (Å²) in [5, 5.41) is 12.6. The van der Waals surface area contributed by atoms with E-state index in [-0.39, 0.29) is 17.5 Å². The van der Waals surface area contributed by atoms with Gasteiger partial charge in [0, 0.05) is 42.4 Å². The number of ether oxygens (including phenoxy) is 2. The van der Waals surface area contributed by atoms with Gasteiger partial charge in [0.2, 0.25) is 5.28 Å². The van der Waals surface area contributed by atoms with Crippen LogP contribution in [0.4, 0.5) is 0 Å². The van der Waals surface area contributed by atoms with Crippen LogP contribution in [-0.4, -0.2) is 31.1 Å². The number of thiophene rings is 2. The molecule has 1 aliphatic rings. The molecular weight excluding hydrogens is 1420 g/mol. The fraction of sp³-hybridized carbons (Fsp3) is 0.0680. The van der Waals surface area contributed by atoms with Crippen molar-refractivity contribution < 1.29 is 9.47 Å². The van der Waals surface area contributed by atoms with Crippen molar-refractivity contribution in [1.82, 2.24) is 19.9 Å². The van der Waals surface area contributed by atoms with E-state index in [9.17, 15) is 0 Å². The Morgan fingerprint density at radius 1 is 0.259 bits per heavy atom. The lowest BCUT2D eigenvalue weighted by Crippen LogP contribution is -2.41. The van der Waals surface area contributed by atoms with Crippen molar-refractivity contribution in [3.05, 3.63) is 375 Å². The molecule has 1 fully saturated rings. The third kappa shape index (κ3) is 12.9. The van der Waals surface area contributed by atoms with Crippen molar-refractivity contribution in [2.75, 3.05) is 0 Å². The van der Waals surface area contributed by atoms with Crippen LogP contribution in [0.15, 0.2) is 364 Å². The van der Waals surface area contributed by atoms with Crippen molar-refractivity contribution in [1.29, 1.82) is 0 Å². The van der Waals surface area contributed by atoms with Crippen LogP contribution in [0.25, 0.3) is 184 Å². The highest BCUT2D eigenvalue weighted by molar-refractivity contribution is 7.26. The summed E-state index contributed by atoms with van der Waals surface area (Å²) >= 11 is 9.58. The van der Waals surface area contributed by atoms with Gasteiger partial charge in [-0.15, -0.1) is 22.7 Å². The quantitative estimate of drug-likeness (QED) is 0.100. The van der Waals surface area contributed by atoms with Crippen LogP contribution in [0.1, 0.15) is 39.5 Å². The number of aromatic nitrogens is 4. The van der Waals surface area contributed by atoms with Gasteiger partial charge in [-0.05, 0) is 186 Å². The molecule has 0 atom stereocenters. The van der Waals surface area contributed by atoms with Crippen molar-refractivity contribution in [2.45, 2.75) is 45.2 Å². The maximum atomic E-state index is 6.36. The molecule has 0 aliphatic carbocycles. The van der Waals surface area contributed by atoms with E-state index in [1.165, 1.54) is 108 Å². The molecule has 1 saturated heterocycles. The van der Waals surface area contributed by atoms with Crippen LogP contribution in [0, 0.1) is 0 Å². The normalized spacial score (nSPS) is 13.3. The van der Waals surface area contributed by atoms with Gasteiger partial charge < -0.3 is 9.47 Å². The Hall–Kier alpha value is -12.6. The Bertz CT molecular complexity index is 6850. The second-order valence-corrected chi connectivity index (χ2v) is 31.8. The molecular formula is C103H73ClN4O2S2. The van der Waals surface area contributed by atoms with E-state index in [1.807, 2.05) is 42.5 Å². The lowest BCUT2D eigenvalue weighted by atomic mass is 9.85. The third-order valence-corrected chi connectivity index (χ3v) is 24.5. The molecule has 21 rings (SSSR count). The van der Waals surface area contributed by atoms with E-state index in [4.69, 9.17) is 31.0 Å². The second kappa shape index (κ2) is 29.3. The molecule has 0 saturated carbocycles. The van der Waals surface area contributed by atoms with Crippen LogP contribution in [0.2, 0.25) is 5.28 Å². The van der Waals surface area contributed by atoms with E-state index < -0.39 is 0 Å². The number of nitrogens with zero attached hydrogens (tertiary/aromatic N) is 4. The molecule has 5 heterocycles. The number of rotatable bonds is 10. The van der Waals surface area contributed by atoms with Crippen molar-refractivity contribution in [3.63, 3.8) is 0 Å². The topological polar surface area (TPSA) is 70.0 Å². The van der Waals surface area contributed by atoms with Gasteiger partial charge in [0.15, 0.2) is 12.1 Å². The van der Waals surface area contributed by atoms with Gasteiger partial charge in [-0.2, -0.15) is 0 Å². The summed E-state index contributed by atoms with van der Waals surface area (Å²) in [5.41, 5.74) is 21.8. The Labute approximate surface area is 663 Å². The summed E-state index contributed by atoms with van der Waals surface area (Å²) in [6, 6.07) is 129. The van der Waals surface area contributed by atoms with Gasteiger partial charge in [0.25, 0.3) is 0 Å². The number of fused-ring (bicyclic) bond motifs is 10. The summed E-state index contributed by atoms with van der Waals surface area (Å²) in [5.74, 6) is 0.733. The van der Waals surface area contributed by atoms with E-state index in [0.717, 1.165) is 82.0 Å². The molecule has 0 bridgehead atoms. The average Bonchev–Trinajstić information content (AvgIpc) is 1.32. The first kappa shape index (κ1) is 69.8. The Morgan fingerprint density at radius 3 is 0.946 bits per heavy atom. The zero-order valence-corrected chi connectivity index (χ0v) is 64.4. The molecule has 0 spiro atoms. The lowest BCUT2D eigenvalue weighted by molar-refractivity contribution is -0.0895. The summed E-state index contributed by atoms with van der Waals surface area (Å²) in [6.45, 7) is 8.38. The Morgan fingerprint density at radius 2 is 0.545 bits per heavy atom. The molecule has 0 unspecified atom stereocenters. The number of hydrogen-bond acceptors (Lipinski definition) is 8. The van der Waals surface area contributed by atoms with Gasteiger partial charge in [-0.25, -0.2) is 19.9 Å². The summed E-state index contributed by atoms with van der Waals surface area (Å²) < 4.78 is 17.3. The van der Waals surface area contributed by atoms with E-state index in [1.54, 1.807) is 22.7 Å². The maximum absolute atomic E-state index is 6.36. The first-order valence-corrected chi connectivity index (χ1v) is 39.9. The zero-order chi connectivity index (χ0) is 75.4. The molecule has 20 aromatic rings. The lowest BCUT2D eigenvalue weighted by Gasteiger charge is -2.30. The van der Waals surface area contributed by atoms with Crippen LogP contribution >= 0.6 is 34.3 Å². The minimum Gasteiger partial charge on any atom is -0.339 e. The summed E-state index contributed by atoms with van der Waals surface area (Å²) in [4.78, 5) is 19.3. The van der Waals surface area contributed by atoms with Gasteiger partial charge in [-0.3, -0.25) is 0 Å². The number of hydrogen-bond donors (Lipinski definition) is 0. The SMILES string of the molecule is CC1(C)OC(c2cccc(-c3cccc(-c4c5ccccc5c(-c5ccccc5)c5ccccc45)c3)c2)OC1(C)C.Clc1nc(-c2ccccc2)c2sc3ccccc3c2n1.c1ccc(-c2c3ccccc3c(-c3cccc(-c4cccc(-c5nc(-c6ccccc6)c6sc7ccccc7c6n5)c4)c3)c3ccccc23)cc1. The van der Waals surface area contributed by atoms with Crippen molar-refractivity contribution in [3.8, 4) is 101 Å². The molecule has 9 heteroatoms. The molecule has 6 nitrogen and oxygen atoms in total. The first-order chi connectivity index (χ1) is 54.9. The van der Waals surface area contributed by atoms with E-state index in [2.05, 4.69) is 359 Å². The minimum absolute atomic E-state index is 0.292. The van der Waals surface area contributed by atoms with Gasteiger partial charge in [0.05, 0.1) is 43.0 Å². The fourth-order valence-electron chi connectivity index (χ4n) is 16.0. The number of benzene rings is 16. The predicted molar refractivity (Wildman–Crippen MR) is 473 cm³/mol. The predicted octanol–water partition coefficient (Wildman–Crippen LogP) is 29.2. The summed E-state index contributed by atoms with van der Waals surface area (Å²) in [6.07, 6.45) is -0.387. The molecule has 0 radical (unpaired) electrons.